The largest absolute Gasteiger partial charge is 0.372 e. The molecule has 0 saturated carbocycles. The SMILES string of the molecule is CCC(CNC(=O)c1ccc([N+](=O)[O-])cc1Cl)(OC)c1ccccc1. The number of ether oxygens (including phenoxy) is 1. The number of nitro groups is 1. The Morgan fingerprint density at radius 2 is 1.96 bits per heavy atom. The van der Waals surface area contributed by atoms with Crippen LogP contribution in [0.3, 0.4) is 0 Å². The number of halogens is 1. The van der Waals surface area contributed by atoms with Crippen molar-refractivity contribution in [3.63, 3.8) is 0 Å². The molecule has 2 aromatic carbocycles. The number of rotatable bonds is 7. The highest BCUT2D eigenvalue weighted by Gasteiger charge is 2.31. The van der Waals surface area contributed by atoms with E-state index in [-0.39, 0.29) is 22.8 Å². The molecule has 1 N–H and O–H groups in total. The van der Waals surface area contributed by atoms with Crippen molar-refractivity contribution >= 4 is 23.2 Å². The van der Waals surface area contributed by atoms with Gasteiger partial charge in [0, 0.05) is 19.2 Å². The number of hydrogen-bond acceptors (Lipinski definition) is 4. The van der Waals surface area contributed by atoms with Crippen molar-refractivity contribution in [2.24, 2.45) is 0 Å². The molecule has 0 radical (unpaired) electrons. The lowest BCUT2D eigenvalue weighted by Crippen LogP contribution is -2.42. The predicted molar refractivity (Wildman–Crippen MR) is 95.9 cm³/mol. The van der Waals surface area contributed by atoms with Gasteiger partial charge < -0.3 is 10.1 Å². The zero-order chi connectivity index (χ0) is 18.4. The normalized spacial score (nSPS) is 13.1. The summed E-state index contributed by atoms with van der Waals surface area (Å²) in [5.74, 6) is -0.411. The van der Waals surface area contributed by atoms with Gasteiger partial charge in [-0.2, -0.15) is 0 Å². The van der Waals surface area contributed by atoms with Crippen LogP contribution < -0.4 is 5.32 Å². The number of carbonyl (C=O) groups is 1. The molecule has 0 spiro atoms. The monoisotopic (exact) mass is 362 g/mol. The zero-order valence-electron chi connectivity index (χ0n) is 14.0. The molecular weight excluding hydrogens is 344 g/mol. The Morgan fingerprint density at radius 3 is 2.48 bits per heavy atom. The smallest absolute Gasteiger partial charge is 0.270 e. The minimum absolute atomic E-state index is 0.0333. The molecule has 0 aliphatic carbocycles. The zero-order valence-corrected chi connectivity index (χ0v) is 14.7. The number of methoxy groups -OCH3 is 1. The number of hydrogen-bond donors (Lipinski definition) is 1. The fraction of sp³-hybridized carbons (Fsp3) is 0.278. The molecule has 0 bridgehead atoms. The Labute approximate surface area is 150 Å². The summed E-state index contributed by atoms with van der Waals surface area (Å²) in [5.41, 5.74) is 0.312. The fourth-order valence-corrected chi connectivity index (χ4v) is 2.89. The van der Waals surface area contributed by atoms with Gasteiger partial charge in [0.25, 0.3) is 11.6 Å². The molecule has 2 rings (SSSR count). The van der Waals surface area contributed by atoms with E-state index in [0.29, 0.717) is 6.42 Å². The molecule has 6 nitrogen and oxygen atoms in total. The van der Waals surface area contributed by atoms with Crippen LogP contribution in [0.5, 0.6) is 0 Å². The second-order valence-electron chi connectivity index (χ2n) is 5.52. The fourth-order valence-electron chi connectivity index (χ4n) is 2.63. The minimum Gasteiger partial charge on any atom is -0.372 e. The number of nitro benzene ring substituents is 1. The average molecular weight is 363 g/mol. The van der Waals surface area contributed by atoms with E-state index in [1.54, 1.807) is 7.11 Å². The van der Waals surface area contributed by atoms with Gasteiger partial charge in [-0.3, -0.25) is 14.9 Å². The summed E-state index contributed by atoms with van der Waals surface area (Å²) in [6.07, 6.45) is 0.655. The molecule has 0 aromatic heterocycles. The first-order chi connectivity index (χ1) is 11.9. The predicted octanol–water partition coefficient (Wildman–Crippen LogP) is 3.93. The second-order valence-corrected chi connectivity index (χ2v) is 5.93. The summed E-state index contributed by atoms with van der Waals surface area (Å²) in [4.78, 5) is 22.6. The van der Waals surface area contributed by atoms with Crippen molar-refractivity contribution in [2.45, 2.75) is 18.9 Å². The van der Waals surface area contributed by atoms with Crippen molar-refractivity contribution in [3.8, 4) is 0 Å². The van der Waals surface area contributed by atoms with E-state index in [0.717, 1.165) is 11.6 Å². The van der Waals surface area contributed by atoms with Crippen LogP contribution in [0, 0.1) is 10.1 Å². The highest BCUT2D eigenvalue weighted by Crippen LogP contribution is 2.28. The summed E-state index contributed by atoms with van der Waals surface area (Å²) in [5, 5.41) is 13.6. The van der Waals surface area contributed by atoms with Gasteiger partial charge in [-0.05, 0) is 18.1 Å². The molecule has 0 aliphatic rings. The van der Waals surface area contributed by atoms with E-state index >= 15 is 0 Å². The van der Waals surface area contributed by atoms with Crippen LogP contribution in [-0.2, 0) is 10.3 Å². The maximum Gasteiger partial charge on any atom is 0.270 e. The highest BCUT2D eigenvalue weighted by molar-refractivity contribution is 6.34. The van der Waals surface area contributed by atoms with Gasteiger partial charge in [0.2, 0.25) is 0 Å². The summed E-state index contributed by atoms with van der Waals surface area (Å²) in [6, 6.07) is 13.4. The topological polar surface area (TPSA) is 81.5 Å². The summed E-state index contributed by atoms with van der Waals surface area (Å²) in [6.45, 7) is 2.22. The third-order valence-corrected chi connectivity index (χ3v) is 4.52. The number of non-ortho nitro benzene ring substituents is 1. The molecule has 0 saturated heterocycles. The van der Waals surface area contributed by atoms with Crippen LogP contribution in [0.25, 0.3) is 0 Å². The first-order valence-electron chi connectivity index (χ1n) is 7.76. The Balaban J connectivity index is 2.18. The summed E-state index contributed by atoms with van der Waals surface area (Å²) >= 11 is 6.01. The van der Waals surface area contributed by atoms with Crippen LogP contribution in [0.4, 0.5) is 5.69 Å². The van der Waals surface area contributed by atoms with Crippen molar-refractivity contribution < 1.29 is 14.5 Å². The van der Waals surface area contributed by atoms with Gasteiger partial charge in [-0.25, -0.2) is 0 Å². The number of nitrogens with one attached hydrogen (secondary N) is 1. The Hall–Kier alpha value is -2.44. The Bertz CT molecular complexity index is 761. The molecule has 132 valence electrons. The van der Waals surface area contributed by atoms with E-state index in [2.05, 4.69) is 5.32 Å². The standard InChI is InChI=1S/C18H19ClN2O4/c1-3-18(25-2,13-7-5-4-6-8-13)12-20-17(22)15-10-9-14(21(23)24)11-16(15)19/h4-11H,3,12H2,1-2H3,(H,20,22). The molecule has 7 heteroatoms. The van der Waals surface area contributed by atoms with Crippen LogP contribution in [-0.4, -0.2) is 24.5 Å². The van der Waals surface area contributed by atoms with Gasteiger partial charge in [0.15, 0.2) is 0 Å². The van der Waals surface area contributed by atoms with E-state index in [9.17, 15) is 14.9 Å². The van der Waals surface area contributed by atoms with E-state index < -0.39 is 16.4 Å². The average Bonchev–Trinajstić information content (AvgIpc) is 2.63. The minimum atomic E-state index is -0.663. The lowest BCUT2D eigenvalue weighted by Gasteiger charge is -2.32. The number of amides is 1. The number of carbonyl (C=O) groups excluding carboxylic acids is 1. The number of benzene rings is 2. The van der Waals surface area contributed by atoms with Crippen LogP contribution in [0.1, 0.15) is 29.3 Å². The molecule has 1 atom stereocenters. The number of nitrogens with zero attached hydrogens (tertiary/aromatic N) is 1. The Kier molecular flexibility index (Phi) is 6.12. The molecular formula is C18H19ClN2O4. The summed E-state index contributed by atoms with van der Waals surface area (Å²) in [7, 11) is 1.60. The molecule has 0 heterocycles. The van der Waals surface area contributed by atoms with Crippen LogP contribution >= 0.6 is 11.6 Å². The molecule has 0 fully saturated rings. The van der Waals surface area contributed by atoms with Gasteiger partial charge in [-0.1, -0.05) is 48.9 Å². The van der Waals surface area contributed by atoms with Gasteiger partial charge in [-0.15, -0.1) is 0 Å². The van der Waals surface area contributed by atoms with Crippen molar-refractivity contribution in [3.05, 3.63) is 74.8 Å². The van der Waals surface area contributed by atoms with E-state index in [4.69, 9.17) is 16.3 Å². The molecule has 2 aromatic rings. The Morgan fingerprint density at radius 1 is 1.28 bits per heavy atom. The quantitative estimate of drug-likeness (QED) is 0.597. The lowest BCUT2D eigenvalue weighted by molar-refractivity contribution is -0.384. The van der Waals surface area contributed by atoms with Crippen molar-refractivity contribution in [1.82, 2.24) is 5.32 Å². The third-order valence-electron chi connectivity index (χ3n) is 4.20. The van der Waals surface area contributed by atoms with E-state index in [1.165, 1.54) is 12.1 Å². The highest BCUT2D eigenvalue weighted by atomic mass is 35.5. The van der Waals surface area contributed by atoms with Gasteiger partial charge in [0.1, 0.15) is 5.60 Å². The van der Waals surface area contributed by atoms with E-state index in [1.807, 2.05) is 37.3 Å². The lowest BCUT2D eigenvalue weighted by atomic mass is 9.90. The molecule has 0 aliphatic heterocycles. The molecule has 25 heavy (non-hydrogen) atoms. The maximum absolute atomic E-state index is 12.4. The molecule has 1 unspecified atom stereocenters. The first-order valence-corrected chi connectivity index (χ1v) is 8.14. The first kappa shape index (κ1) is 18.9. The van der Waals surface area contributed by atoms with Crippen LogP contribution in [0.2, 0.25) is 5.02 Å². The van der Waals surface area contributed by atoms with Crippen molar-refractivity contribution in [2.75, 3.05) is 13.7 Å². The summed E-state index contributed by atoms with van der Waals surface area (Å²) < 4.78 is 5.70. The van der Waals surface area contributed by atoms with Crippen LogP contribution in [0.15, 0.2) is 48.5 Å². The third kappa shape index (κ3) is 4.15. The molecule has 1 amide bonds. The second kappa shape index (κ2) is 8.09. The maximum atomic E-state index is 12.4. The van der Waals surface area contributed by atoms with Crippen molar-refractivity contribution in [1.29, 1.82) is 0 Å². The van der Waals surface area contributed by atoms with Gasteiger partial charge >= 0.3 is 0 Å². The van der Waals surface area contributed by atoms with Gasteiger partial charge in [0.05, 0.1) is 22.1 Å².